The topological polar surface area (TPSA) is 83.9 Å². The molecule has 1 saturated heterocycles. The van der Waals surface area contributed by atoms with Crippen LogP contribution in [0.2, 0.25) is 0 Å². The summed E-state index contributed by atoms with van der Waals surface area (Å²) in [6, 6.07) is 10.3. The summed E-state index contributed by atoms with van der Waals surface area (Å²) in [6.45, 7) is 8.98. The summed E-state index contributed by atoms with van der Waals surface area (Å²) in [5, 5.41) is 12.7. The number of anilines is 2. The van der Waals surface area contributed by atoms with E-state index in [1.807, 2.05) is 19.2 Å². The first-order valence-electron chi connectivity index (χ1n) is 12.5. The number of hydrogen-bond acceptors (Lipinski definition) is 6. The number of allylic oxidation sites excluding steroid dienone is 2. The molecule has 0 amide bonds. The van der Waals surface area contributed by atoms with Crippen LogP contribution in [-0.2, 0) is 9.47 Å². The fraction of sp³-hybridized carbons (Fsp3) is 0.379. The molecular weight excluding hydrogens is 454 g/mol. The number of nitrogens with one attached hydrogen (secondary N) is 1. The molecule has 1 atom stereocenters. The lowest BCUT2D eigenvalue weighted by Gasteiger charge is -2.28. The zero-order valence-corrected chi connectivity index (χ0v) is 21.1. The van der Waals surface area contributed by atoms with Gasteiger partial charge in [0.1, 0.15) is 5.76 Å². The number of ether oxygens (including phenoxy) is 2. The monoisotopic (exact) mass is 489 g/mol. The molecule has 0 saturated carbocycles. The highest BCUT2D eigenvalue weighted by Crippen LogP contribution is 2.31. The standard InChI is InChI=1S/C29H35N3O4/c1-4-24(32(3)25-7-5-21(6-8-25)22-10-14-35-15-11-22)17-28-20(2)23(12-16-36-28)18-31-27-19-30-13-9-26(27)29(33)34/h4-9,13,17,19,22-23,31H,1,10-12,14-16,18H2,2-3H3,(H,33,34)/b24-17+/t23-/m0/s1. The van der Waals surface area contributed by atoms with Gasteiger partial charge in [-0.05, 0) is 67.5 Å². The lowest BCUT2D eigenvalue weighted by Crippen LogP contribution is -2.24. The molecule has 1 aromatic carbocycles. The minimum atomic E-state index is -0.970. The molecule has 0 bridgehead atoms. The van der Waals surface area contributed by atoms with Crippen LogP contribution in [0.4, 0.5) is 11.4 Å². The van der Waals surface area contributed by atoms with E-state index < -0.39 is 5.97 Å². The van der Waals surface area contributed by atoms with Crippen molar-refractivity contribution in [2.24, 2.45) is 5.92 Å². The van der Waals surface area contributed by atoms with Crippen LogP contribution in [0.1, 0.15) is 48.0 Å². The summed E-state index contributed by atoms with van der Waals surface area (Å²) in [7, 11) is 2.03. The maximum absolute atomic E-state index is 11.5. The molecule has 7 heteroatoms. The largest absolute Gasteiger partial charge is 0.494 e. The second-order valence-corrected chi connectivity index (χ2v) is 9.30. The lowest BCUT2D eigenvalue weighted by molar-refractivity contribution is 0.0697. The molecule has 1 fully saturated rings. The Kier molecular flexibility index (Phi) is 8.44. The van der Waals surface area contributed by atoms with Gasteiger partial charge in [-0.15, -0.1) is 0 Å². The highest BCUT2D eigenvalue weighted by atomic mass is 16.5. The predicted molar refractivity (Wildman–Crippen MR) is 142 cm³/mol. The molecule has 0 unspecified atom stereocenters. The average Bonchev–Trinajstić information content (AvgIpc) is 2.92. The van der Waals surface area contributed by atoms with E-state index in [2.05, 4.69) is 53.0 Å². The van der Waals surface area contributed by atoms with E-state index in [4.69, 9.17) is 9.47 Å². The van der Waals surface area contributed by atoms with Gasteiger partial charge in [-0.25, -0.2) is 4.79 Å². The van der Waals surface area contributed by atoms with Crippen molar-refractivity contribution in [3.63, 3.8) is 0 Å². The van der Waals surface area contributed by atoms with Crippen molar-refractivity contribution >= 4 is 17.3 Å². The number of aromatic nitrogens is 1. The Hall–Kier alpha value is -3.58. The number of pyridine rings is 1. The van der Waals surface area contributed by atoms with Gasteiger partial charge in [0, 0.05) is 56.4 Å². The van der Waals surface area contributed by atoms with Gasteiger partial charge in [0.05, 0.1) is 24.1 Å². The van der Waals surface area contributed by atoms with E-state index in [1.165, 1.54) is 17.8 Å². The predicted octanol–water partition coefficient (Wildman–Crippen LogP) is 5.60. The number of benzene rings is 1. The van der Waals surface area contributed by atoms with E-state index in [1.54, 1.807) is 6.20 Å². The van der Waals surface area contributed by atoms with Crippen LogP contribution in [0.5, 0.6) is 0 Å². The smallest absolute Gasteiger partial charge is 0.337 e. The van der Waals surface area contributed by atoms with Crippen LogP contribution in [0.3, 0.4) is 0 Å². The fourth-order valence-corrected chi connectivity index (χ4v) is 4.79. The van der Waals surface area contributed by atoms with Gasteiger partial charge in [-0.2, -0.15) is 0 Å². The Balaban J connectivity index is 1.47. The first kappa shape index (κ1) is 25.5. The Morgan fingerprint density at radius 2 is 1.94 bits per heavy atom. The first-order chi connectivity index (χ1) is 17.5. The molecule has 0 radical (unpaired) electrons. The van der Waals surface area contributed by atoms with Crippen molar-refractivity contribution in [3.8, 4) is 0 Å². The maximum atomic E-state index is 11.5. The molecule has 2 N–H and O–H groups in total. The SMILES string of the molecule is C=C/C(=C\C1=C(C)[C@H](CNc2cnccc2C(=O)O)CCO1)N(C)c1ccc(C2CCOCC2)cc1. The summed E-state index contributed by atoms with van der Waals surface area (Å²) >= 11 is 0. The molecule has 2 aliphatic rings. The quantitative estimate of drug-likeness (QED) is 0.444. The molecule has 190 valence electrons. The molecular formula is C29H35N3O4. The highest BCUT2D eigenvalue weighted by molar-refractivity contribution is 5.93. The summed E-state index contributed by atoms with van der Waals surface area (Å²) in [6.07, 6.45) is 9.92. The van der Waals surface area contributed by atoms with E-state index >= 15 is 0 Å². The minimum absolute atomic E-state index is 0.210. The highest BCUT2D eigenvalue weighted by Gasteiger charge is 2.22. The summed E-state index contributed by atoms with van der Waals surface area (Å²) in [5.74, 6) is 0.641. The van der Waals surface area contributed by atoms with Crippen molar-refractivity contribution < 1.29 is 19.4 Å². The van der Waals surface area contributed by atoms with Crippen molar-refractivity contribution in [2.45, 2.75) is 32.1 Å². The zero-order chi connectivity index (χ0) is 25.5. The number of carboxylic acid groups (broad SMARTS) is 1. The Bertz CT molecular complexity index is 1130. The maximum Gasteiger partial charge on any atom is 0.337 e. The van der Waals surface area contributed by atoms with Gasteiger partial charge < -0.3 is 24.8 Å². The van der Waals surface area contributed by atoms with Crippen LogP contribution in [0.25, 0.3) is 0 Å². The Morgan fingerprint density at radius 3 is 2.64 bits per heavy atom. The molecule has 4 rings (SSSR count). The third-order valence-corrected chi connectivity index (χ3v) is 7.16. The van der Waals surface area contributed by atoms with Crippen molar-refractivity contribution in [3.05, 3.63) is 89.6 Å². The number of carboxylic acids is 1. The molecule has 1 aromatic heterocycles. The van der Waals surface area contributed by atoms with Gasteiger partial charge in [0.25, 0.3) is 0 Å². The number of aromatic carboxylic acids is 1. The van der Waals surface area contributed by atoms with Crippen molar-refractivity contribution in [1.29, 1.82) is 0 Å². The molecule has 0 aliphatic carbocycles. The number of hydrogen-bond donors (Lipinski definition) is 2. The lowest BCUT2D eigenvalue weighted by atomic mass is 9.91. The van der Waals surface area contributed by atoms with E-state index in [0.29, 0.717) is 24.8 Å². The van der Waals surface area contributed by atoms with Crippen LogP contribution in [0.15, 0.2) is 78.5 Å². The second kappa shape index (κ2) is 11.9. The zero-order valence-electron chi connectivity index (χ0n) is 21.1. The molecule has 36 heavy (non-hydrogen) atoms. The minimum Gasteiger partial charge on any atom is -0.494 e. The second-order valence-electron chi connectivity index (χ2n) is 9.30. The van der Waals surface area contributed by atoms with Crippen LogP contribution >= 0.6 is 0 Å². The molecule has 3 heterocycles. The summed E-state index contributed by atoms with van der Waals surface area (Å²) in [4.78, 5) is 17.7. The number of nitrogens with zero attached hydrogens (tertiary/aromatic N) is 2. The third-order valence-electron chi connectivity index (χ3n) is 7.16. The third kappa shape index (κ3) is 5.97. The van der Waals surface area contributed by atoms with Crippen LogP contribution in [0, 0.1) is 5.92 Å². The Morgan fingerprint density at radius 1 is 1.19 bits per heavy atom. The van der Waals surface area contributed by atoms with E-state index in [0.717, 1.165) is 55.2 Å². The number of carbonyl (C=O) groups is 1. The van der Waals surface area contributed by atoms with Gasteiger partial charge in [-0.1, -0.05) is 18.7 Å². The molecule has 7 nitrogen and oxygen atoms in total. The normalized spacial score (nSPS) is 18.9. The molecule has 0 spiro atoms. The first-order valence-corrected chi connectivity index (χ1v) is 12.5. The van der Waals surface area contributed by atoms with Gasteiger partial charge in [0.15, 0.2) is 0 Å². The number of rotatable bonds is 9. The number of likely N-dealkylation sites (N-methyl/N-ethyl adjacent to an activating group) is 1. The van der Waals surface area contributed by atoms with Crippen LogP contribution < -0.4 is 10.2 Å². The molecule has 2 aliphatic heterocycles. The van der Waals surface area contributed by atoms with Gasteiger partial charge in [0.2, 0.25) is 0 Å². The van der Waals surface area contributed by atoms with Crippen LogP contribution in [-0.4, -0.2) is 49.5 Å². The van der Waals surface area contributed by atoms with Crippen molar-refractivity contribution in [1.82, 2.24) is 4.98 Å². The Labute approximate surface area is 213 Å². The van der Waals surface area contributed by atoms with E-state index in [-0.39, 0.29) is 11.5 Å². The average molecular weight is 490 g/mol. The summed E-state index contributed by atoms with van der Waals surface area (Å²) < 4.78 is 11.5. The summed E-state index contributed by atoms with van der Waals surface area (Å²) in [5.41, 5.74) is 5.26. The van der Waals surface area contributed by atoms with Crippen molar-refractivity contribution in [2.75, 3.05) is 43.6 Å². The van der Waals surface area contributed by atoms with E-state index in [9.17, 15) is 9.90 Å². The van der Waals surface area contributed by atoms with Gasteiger partial charge >= 0.3 is 5.97 Å². The fourth-order valence-electron chi connectivity index (χ4n) is 4.79. The molecule has 2 aromatic rings. The van der Waals surface area contributed by atoms with Gasteiger partial charge in [-0.3, -0.25) is 4.98 Å².